The van der Waals surface area contributed by atoms with Gasteiger partial charge in [0.05, 0.1) is 10.5 Å². The van der Waals surface area contributed by atoms with Crippen molar-refractivity contribution in [2.45, 2.75) is 73.5 Å². The van der Waals surface area contributed by atoms with Crippen LogP contribution in [0, 0.1) is 17.7 Å². The first-order valence-corrected chi connectivity index (χ1v) is 13.8. The minimum Gasteiger partial charge on any atom is -0.389 e. The van der Waals surface area contributed by atoms with E-state index in [0.29, 0.717) is 6.92 Å². The van der Waals surface area contributed by atoms with Crippen molar-refractivity contribution < 1.29 is 40.3 Å². The molecule has 0 heterocycles. The number of aliphatic hydroxyl groups is 1. The zero-order chi connectivity index (χ0) is 28.3. The fourth-order valence-corrected chi connectivity index (χ4v) is 8.35. The molecule has 2 aliphatic carbocycles. The summed E-state index contributed by atoms with van der Waals surface area (Å²) in [6.07, 6.45) is -4.69. The summed E-state index contributed by atoms with van der Waals surface area (Å²) in [5.41, 5.74) is -4.96. The molecule has 4 atom stereocenters. The maximum atomic E-state index is 14.8. The van der Waals surface area contributed by atoms with Crippen LogP contribution in [0.1, 0.15) is 56.7 Å². The highest BCUT2D eigenvalue weighted by Gasteiger charge is 2.62. The summed E-state index contributed by atoms with van der Waals surface area (Å²) in [7, 11) is -4.29. The zero-order valence-electron chi connectivity index (χ0n) is 21.2. The zero-order valence-corrected chi connectivity index (χ0v) is 22.0. The molecule has 5 nitrogen and oxygen atoms in total. The van der Waals surface area contributed by atoms with Gasteiger partial charge in [-0.25, -0.2) is 17.2 Å². The lowest BCUT2D eigenvalue weighted by atomic mass is 9.72. The van der Waals surface area contributed by atoms with Gasteiger partial charge in [-0.05, 0) is 93.3 Å². The number of carbonyl (C=O) groups excluding carboxylic acids is 1. The molecular formula is C27H30F5NO4S. The lowest BCUT2D eigenvalue weighted by molar-refractivity contribution is -0.228. The maximum absolute atomic E-state index is 14.8. The average molecular weight is 560 g/mol. The number of alkyl halides is 4. The summed E-state index contributed by atoms with van der Waals surface area (Å²) >= 11 is 0. The number of benzene rings is 2. The van der Waals surface area contributed by atoms with Crippen LogP contribution < -0.4 is 5.32 Å². The second kappa shape index (κ2) is 9.29. The summed E-state index contributed by atoms with van der Waals surface area (Å²) in [6.45, 7) is 3.39. The smallest absolute Gasteiger partial charge is 0.389 e. The van der Waals surface area contributed by atoms with E-state index >= 15 is 0 Å². The third-order valence-corrected chi connectivity index (χ3v) is 10.5. The van der Waals surface area contributed by atoms with E-state index in [1.807, 2.05) is 0 Å². The lowest BCUT2D eigenvalue weighted by Gasteiger charge is -2.42. The lowest BCUT2D eigenvalue weighted by Crippen LogP contribution is -2.48. The van der Waals surface area contributed by atoms with Crippen LogP contribution in [0.5, 0.6) is 0 Å². The maximum Gasteiger partial charge on any atom is 0.426 e. The Morgan fingerprint density at radius 3 is 2.26 bits per heavy atom. The minimum absolute atomic E-state index is 0.00348. The Morgan fingerprint density at radius 1 is 1.05 bits per heavy atom. The summed E-state index contributed by atoms with van der Waals surface area (Å²) < 4.78 is 95.5. The molecule has 2 aromatic rings. The third kappa shape index (κ3) is 4.61. The molecule has 0 bridgehead atoms. The standard InChI is InChI=1S/C27H30F5NO4S/c1-24(2,35)15-33-23(34)20-12-13-26(38(36,37)19-8-6-18(28)7-9-19)21-11-5-17(25(3,29)27(30,31)32)14-16(21)4-10-22(20)26/h5-9,11,14,20,22,35H,4,10,12-13,15H2,1-3H3,(H,33,34)/t20-,22+,25?,26-/m1/s1. The van der Waals surface area contributed by atoms with E-state index in [2.05, 4.69) is 5.32 Å². The Balaban J connectivity index is 1.86. The van der Waals surface area contributed by atoms with Crippen LogP contribution in [0.25, 0.3) is 0 Å². The summed E-state index contributed by atoms with van der Waals surface area (Å²) in [4.78, 5) is 13.0. The Morgan fingerprint density at radius 2 is 1.68 bits per heavy atom. The van der Waals surface area contributed by atoms with Gasteiger partial charge in [-0.2, -0.15) is 13.2 Å². The van der Waals surface area contributed by atoms with Gasteiger partial charge in [0.15, 0.2) is 9.84 Å². The molecule has 1 fully saturated rings. The Bertz CT molecular complexity index is 1330. The first-order chi connectivity index (χ1) is 17.4. The van der Waals surface area contributed by atoms with E-state index in [1.165, 1.54) is 19.9 Å². The quantitative estimate of drug-likeness (QED) is 0.381. The molecule has 0 spiro atoms. The largest absolute Gasteiger partial charge is 0.426 e. The van der Waals surface area contributed by atoms with E-state index in [1.54, 1.807) is 0 Å². The summed E-state index contributed by atoms with van der Waals surface area (Å²) in [5.74, 6) is -2.56. The van der Waals surface area contributed by atoms with Crippen molar-refractivity contribution in [2.24, 2.45) is 11.8 Å². The van der Waals surface area contributed by atoms with Crippen LogP contribution >= 0.6 is 0 Å². The van der Waals surface area contributed by atoms with Crippen molar-refractivity contribution >= 4 is 15.7 Å². The fraction of sp³-hybridized carbons (Fsp3) is 0.519. The number of amides is 1. The molecule has 208 valence electrons. The molecular weight excluding hydrogens is 529 g/mol. The highest BCUT2D eigenvalue weighted by Crippen LogP contribution is 2.59. The molecule has 2 aromatic carbocycles. The second-order valence-corrected chi connectivity index (χ2v) is 13.2. The predicted octanol–water partition coefficient (Wildman–Crippen LogP) is 5.10. The van der Waals surface area contributed by atoms with Crippen molar-refractivity contribution in [2.75, 3.05) is 6.54 Å². The SMILES string of the molecule is CC(C)(O)CNC(=O)[C@@H]1CC[C@@]2(S(=O)(=O)c3ccc(F)cc3)c3ccc(C(C)(F)C(F)(F)F)cc3CC[C@@H]12. The van der Waals surface area contributed by atoms with Crippen LogP contribution in [-0.4, -0.2) is 37.8 Å². The van der Waals surface area contributed by atoms with E-state index in [9.17, 15) is 40.3 Å². The van der Waals surface area contributed by atoms with Gasteiger partial charge in [0.25, 0.3) is 0 Å². The van der Waals surface area contributed by atoms with Gasteiger partial charge in [0.1, 0.15) is 10.6 Å². The first-order valence-electron chi connectivity index (χ1n) is 12.3. The molecule has 2 N–H and O–H groups in total. The molecule has 1 saturated carbocycles. The molecule has 2 aliphatic rings. The highest BCUT2D eigenvalue weighted by atomic mass is 32.2. The van der Waals surface area contributed by atoms with E-state index in [0.717, 1.165) is 36.4 Å². The minimum atomic E-state index is -5.17. The Kier molecular flexibility index (Phi) is 6.96. The average Bonchev–Trinajstić information content (AvgIpc) is 3.23. The van der Waals surface area contributed by atoms with Gasteiger partial charge < -0.3 is 10.4 Å². The van der Waals surface area contributed by atoms with Gasteiger partial charge in [-0.3, -0.25) is 4.79 Å². The number of nitrogens with one attached hydrogen (secondary N) is 1. The molecule has 0 saturated heterocycles. The number of carbonyl (C=O) groups is 1. The number of hydrogen-bond donors (Lipinski definition) is 2. The molecule has 38 heavy (non-hydrogen) atoms. The second-order valence-electron chi connectivity index (χ2n) is 11.0. The molecule has 0 radical (unpaired) electrons. The number of aryl methyl sites for hydroxylation is 1. The van der Waals surface area contributed by atoms with Gasteiger partial charge >= 0.3 is 6.18 Å². The molecule has 0 aromatic heterocycles. The first kappa shape index (κ1) is 28.5. The topological polar surface area (TPSA) is 83.5 Å². The summed E-state index contributed by atoms with van der Waals surface area (Å²) in [6, 6.07) is 7.53. The monoisotopic (exact) mass is 559 g/mol. The molecule has 11 heteroatoms. The van der Waals surface area contributed by atoms with E-state index in [4.69, 9.17) is 0 Å². The van der Waals surface area contributed by atoms with Crippen molar-refractivity contribution in [3.05, 3.63) is 65.0 Å². The van der Waals surface area contributed by atoms with Gasteiger partial charge in [0, 0.05) is 12.5 Å². The van der Waals surface area contributed by atoms with Crippen molar-refractivity contribution in [3.63, 3.8) is 0 Å². The van der Waals surface area contributed by atoms with Crippen molar-refractivity contribution in [3.8, 4) is 0 Å². The number of rotatable bonds is 6. The Hall–Kier alpha value is -2.53. The van der Waals surface area contributed by atoms with Crippen LogP contribution in [0.3, 0.4) is 0 Å². The fourth-order valence-electron chi connectivity index (χ4n) is 5.88. The third-order valence-electron chi connectivity index (χ3n) is 7.91. The van der Waals surface area contributed by atoms with Gasteiger partial charge in [-0.15, -0.1) is 0 Å². The molecule has 1 unspecified atom stereocenters. The van der Waals surface area contributed by atoms with Crippen LogP contribution in [0.15, 0.2) is 47.4 Å². The Labute approximate surface area is 218 Å². The summed E-state index contributed by atoms with van der Waals surface area (Å²) in [5, 5.41) is 12.7. The highest BCUT2D eigenvalue weighted by molar-refractivity contribution is 7.92. The van der Waals surface area contributed by atoms with E-state index in [-0.39, 0.29) is 48.3 Å². The predicted molar refractivity (Wildman–Crippen MR) is 130 cm³/mol. The normalized spacial score (nSPS) is 25.3. The number of sulfone groups is 1. The van der Waals surface area contributed by atoms with Gasteiger partial charge in [0.2, 0.25) is 11.6 Å². The van der Waals surface area contributed by atoms with Gasteiger partial charge in [-0.1, -0.05) is 18.2 Å². The van der Waals surface area contributed by atoms with Crippen LogP contribution in [-0.2, 0) is 31.5 Å². The molecule has 0 aliphatic heterocycles. The number of hydrogen-bond acceptors (Lipinski definition) is 4. The van der Waals surface area contributed by atoms with Crippen LogP contribution in [0.4, 0.5) is 22.0 Å². The van der Waals surface area contributed by atoms with Crippen molar-refractivity contribution in [1.82, 2.24) is 5.32 Å². The van der Waals surface area contributed by atoms with Crippen LogP contribution in [0.2, 0.25) is 0 Å². The number of halogens is 5. The van der Waals surface area contributed by atoms with E-state index < -0.39 is 61.2 Å². The molecule has 1 amide bonds. The molecule has 4 rings (SSSR count). The number of fused-ring (bicyclic) bond motifs is 3. The van der Waals surface area contributed by atoms with Crippen molar-refractivity contribution in [1.29, 1.82) is 0 Å².